The number of carboxylic acids is 1. The molecule has 0 bridgehead atoms. The number of aliphatic carboxylic acids is 1. The highest BCUT2D eigenvalue weighted by Crippen LogP contribution is 2.33. The lowest BCUT2D eigenvalue weighted by Gasteiger charge is -2.25. The maximum Gasteiger partial charge on any atom is 0.304 e. The fourth-order valence-electron chi connectivity index (χ4n) is 5.05. The number of pyridine rings is 1. The maximum atomic E-state index is 15.7. The van der Waals surface area contributed by atoms with Crippen molar-refractivity contribution in [2.75, 3.05) is 51.8 Å². The molecule has 2 aromatic rings. The highest BCUT2D eigenvalue weighted by molar-refractivity contribution is 5.68. The third-order valence-electron chi connectivity index (χ3n) is 6.95. The number of aromatic nitrogens is 1. The molecule has 1 aromatic heterocycles. The lowest BCUT2D eigenvalue weighted by atomic mass is 9.94. The summed E-state index contributed by atoms with van der Waals surface area (Å²) in [5.74, 6) is 0.524. The van der Waals surface area contributed by atoms with Gasteiger partial charge in [0.25, 0.3) is 0 Å². The van der Waals surface area contributed by atoms with Gasteiger partial charge in [0.1, 0.15) is 23.8 Å². The molecule has 8 heteroatoms. The van der Waals surface area contributed by atoms with E-state index in [1.165, 1.54) is 5.56 Å². The van der Waals surface area contributed by atoms with Gasteiger partial charge in [-0.2, -0.15) is 0 Å². The van der Waals surface area contributed by atoms with Crippen LogP contribution in [0.25, 0.3) is 0 Å². The first-order valence-corrected chi connectivity index (χ1v) is 12.5. The number of ether oxygens (including phenoxy) is 2. The molecule has 0 spiro atoms. The van der Waals surface area contributed by atoms with Gasteiger partial charge in [0.15, 0.2) is 0 Å². The van der Waals surface area contributed by atoms with Crippen molar-refractivity contribution in [3.05, 3.63) is 53.2 Å². The number of carboxylic acid groups (broad SMARTS) is 1. The number of hydrogen-bond donors (Lipinski definition) is 2. The average molecular weight is 486 g/mol. The van der Waals surface area contributed by atoms with E-state index >= 15 is 4.39 Å². The van der Waals surface area contributed by atoms with E-state index < -0.39 is 11.6 Å². The van der Waals surface area contributed by atoms with Gasteiger partial charge in [0.2, 0.25) is 0 Å². The number of anilines is 1. The summed E-state index contributed by atoms with van der Waals surface area (Å²) in [4.78, 5) is 18.4. The van der Waals surface area contributed by atoms with Gasteiger partial charge in [0.05, 0.1) is 13.0 Å². The van der Waals surface area contributed by atoms with Gasteiger partial charge in [-0.1, -0.05) is 18.2 Å². The Bertz CT molecular complexity index is 1000. The van der Waals surface area contributed by atoms with E-state index in [2.05, 4.69) is 16.3 Å². The van der Waals surface area contributed by atoms with Crippen LogP contribution in [0.3, 0.4) is 0 Å². The van der Waals surface area contributed by atoms with E-state index in [-0.39, 0.29) is 12.3 Å². The highest BCUT2D eigenvalue weighted by atomic mass is 19.1. The van der Waals surface area contributed by atoms with E-state index in [0.717, 1.165) is 36.5 Å². The molecule has 0 saturated carbocycles. The topological polar surface area (TPSA) is 83.9 Å². The number of rotatable bonds is 12. The van der Waals surface area contributed by atoms with Crippen molar-refractivity contribution in [3.63, 3.8) is 0 Å². The van der Waals surface area contributed by atoms with Crippen LogP contribution in [0.15, 0.2) is 36.4 Å². The number of nitrogens with one attached hydrogen (secondary N) is 1. The third kappa shape index (κ3) is 7.15. The summed E-state index contributed by atoms with van der Waals surface area (Å²) >= 11 is 0. The molecule has 35 heavy (non-hydrogen) atoms. The van der Waals surface area contributed by atoms with Gasteiger partial charge in [-0.3, -0.25) is 9.69 Å². The second-order valence-corrected chi connectivity index (χ2v) is 9.69. The molecule has 0 amide bonds. The Hall–Kier alpha value is -2.71. The van der Waals surface area contributed by atoms with Crippen LogP contribution in [-0.2, 0) is 22.4 Å². The predicted octanol–water partition coefficient (Wildman–Crippen LogP) is 4.07. The second kappa shape index (κ2) is 11.8. The molecule has 4 rings (SSSR count). The van der Waals surface area contributed by atoms with Crippen molar-refractivity contribution in [2.24, 2.45) is 0 Å². The summed E-state index contributed by atoms with van der Waals surface area (Å²) < 4.78 is 26.4. The molecular formula is C27H36FN3O4. The fourth-order valence-corrected chi connectivity index (χ4v) is 5.05. The molecule has 190 valence electrons. The molecular weight excluding hydrogens is 449 g/mol. The second-order valence-electron chi connectivity index (χ2n) is 9.69. The number of aryl methyl sites for hydroxylation is 2. The number of carbonyl (C=O) groups is 1. The number of likely N-dealkylation sites (tertiary alicyclic amines) is 1. The van der Waals surface area contributed by atoms with Crippen molar-refractivity contribution in [1.82, 2.24) is 9.88 Å². The standard InChI is InChI=1S/C27H36FN3O4/c1-34-14-15-35-24-6-2-4-21(16-24)22(17-25(32)33)18-31-13-11-27(28,19-31)10-9-23-8-7-20-5-3-12-29-26(20)30-23/h2,4,6-8,16,22H,3,5,9-15,17-19H2,1H3,(H,29,30)(H,32,33)/t22-,27+/m1/s1. The Morgan fingerprint density at radius 2 is 2.20 bits per heavy atom. The zero-order valence-corrected chi connectivity index (χ0v) is 20.5. The minimum Gasteiger partial charge on any atom is -0.491 e. The number of fused-ring (bicyclic) bond motifs is 1. The van der Waals surface area contributed by atoms with Gasteiger partial charge in [-0.05, 0) is 61.4 Å². The van der Waals surface area contributed by atoms with Crippen molar-refractivity contribution in [2.45, 2.75) is 50.1 Å². The Balaban J connectivity index is 1.35. The van der Waals surface area contributed by atoms with Crippen molar-refractivity contribution in [1.29, 1.82) is 0 Å². The van der Waals surface area contributed by atoms with Crippen LogP contribution >= 0.6 is 0 Å². The van der Waals surface area contributed by atoms with Crippen molar-refractivity contribution < 1.29 is 23.8 Å². The molecule has 2 aliphatic heterocycles. The molecule has 1 aromatic carbocycles. The van der Waals surface area contributed by atoms with Crippen LogP contribution in [0.4, 0.5) is 10.2 Å². The third-order valence-corrected chi connectivity index (χ3v) is 6.95. The zero-order valence-electron chi connectivity index (χ0n) is 20.5. The smallest absolute Gasteiger partial charge is 0.304 e. The number of nitrogens with zero attached hydrogens (tertiary/aromatic N) is 2. The van der Waals surface area contributed by atoms with E-state index in [4.69, 9.17) is 14.5 Å². The predicted molar refractivity (Wildman–Crippen MR) is 133 cm³/mol. The Labute approximate surface area is 206 Å². The van der Waals surface area contributed by atoms with Crippen LogP contribution in [-0.4, -0.2) is 73.1 Å². The number of methoxy groups -OCH3 is 1. The molecule has 2 atom stereocenters. The van der Waals surface area contributed by atoms with Crippen LogP contribution in [0.1, 0.15) is 48.4 Å². The van der Waals surface area contributed by atoms with Crippen LogP contribution in [0.5, 0.6) is 5.75 Å². The molecule has 0 radical (unpaired) electrons. The highest BCUT2D eigenvalue weighted by Gasteiger charge is 2.39. The van der Waals surface area contributed by atoms with Gasteiger partial charge in [-0.15, -0.1) is 0 Å². The molecule has 0 unspecified atom stereocenters. The summed E-state index contributed by atoms with van der Waals surface area (Å²) in [6.45, 7) is 3.28. The minimum absolute atomic E-state index is 0.0106. The number of alkyl halides is 1. The quantitative estimate of drug-likeness (QED) is 0.439. The molecule has 3 heterocycles. The monoisotopic (exact) mass is 485 g/mol. The lowest BCUT2D eigenvalue weighted by molar-refractivity contribution is -0.137. The molecule has 7 nitrogen and oxygen atoms in total. The summed E-state index contributed by atoms with van der Waals surface area (Å²) in [5.41, 5.74) is 1.76. The number of hydrogen-bond acceptors (Lipinski definition) is 6. The van der Waals surface area contributed by atoms with Crippen LogP contribution < -0.4 is 10.1 Å². The van der Waals surface area contributed by atoms with E-state index in [0.29, 0.717) is 57.9 Å². The lowest BCUT2D eigenvalue weighted by Crippen LogP contribution is -2.32. The molecule has 2 aliphatic rings. The first-order valence-electron chi connectivity index (χ1n) is 12.5. The molecule has 0 aliphatic carbocycles. The average Bonchev–Trinajstić information content (AvgIpc) is 3.23. The molecule has 2 N–H and O–H groups in total. The zero-order chi connectivity index (χ0) is 24.7. The Morgan fingerprint density at radius 3 is 3.03 bits per heavy atom. The first-order chi connectivity index (χ1) is 16.9. The minimum atomic E-state index is -1.29. The number of benzene rings is 1. The Morgan fingerprint density at radius 1 is 1.31 bits per heavy atom. The first kappa shape index (κ1) is 25.4. The van der Waals surface area contributed by atoms with E-state index in [1.807, 2.05) is 30.3 Å². The van der Waals surface area contributed by atoms with E-state index in [1.54, 1.807) is 7.11 Å². The van der Waals surface area contributed by atoms with Crippen molar-refractivity contribution >= 4 is 11.8 Å². The van der Waals surface area contributed by atoms with Gasteiger partial charge in [0, 0.05) is 44.9 Å². The van der Waals surface area contributed by atoms with Gasteiger partial charge < -0.3 is 19.9 Å². The molecule has 1 fully saturated rings. The van der Waals surface area contributed by atoms with E-state index in [9.17, 15) is 9.90 Å². The van der Waals surface area contributed by atoms with Crippen LogP contribution in [0.2, 0.25) is 0 Å². The van der Waals surface area contributed by atoms with Gasteiger partial charge in [-0.25, -0.2) is 9.37 Å². The Kier molecular flexibility index (Phi) is 8.57. The summed E-state index contributed by atoms with van der Waals surface area (Å²) in [6.07, 6.45) is 3.61. The summed E-state index contributed by atoms with van der Waals surface area (Å²) in [7, 11) is 1.62. The van der Waals surface area contributed by atoms with Crippen LogP contribution in [0, 0.1) is 0 Å². The fraction of sp³-hybridized carbons (Fsp3) is 0.556. The normalized spacial score (nSPS) is 20.7. The van der Waals surface area contributed by atoms with Crippen molar-refractivity contribution in [3.8, 4) is 5.75 Å². The molecule has 1 saturated heterocycles. The maximum absolute atomic E-state index is 15.7. The number of halogens is 1. The largest absolute Gasteiger partial charge is 0.491 e. The summed E-state index contributed by atoms with van der Waals surface area (Å²) in [5, 5.41) is 12.8. The SMILES string of the molecule is COCCOc1cccc([C@H](CC(=O)O)CN2CC[C@@](F)(CCc3ccc4c(n3)NCCC4)C2)c1. The van der Waals surface area contributed by atoms with Gasteiger partial charge >= 0.3 is 5.97 Å². The summed E-state index contributed by atoms with van der Waals surface area (Å²) in [6, 6.07) is 11.7.